The van der Waals surface area contributed by atoms with Crippen LogP contribution in [0.25, 0.3) is 48.9 Å². The molecule has 7 aromatic rings. The molecule has 2 aromatic heterocycles. The smallest absolute Gasteiger partial charge is 0.0855 e. The average molecular weight is 519 g/mol. The number of nitrogens with zero attached hydrogens (tertiary/aromatic N) is 2. The summed E-state index contributed by atoms with van der Waals surface area (Å²) in [4.78, 5) is 12.2. The van der Waals surface area contributed by atoms with E-state index in [-0.39, 0.29) is 0 Å². The molecule has 39 heavy (non-hydrogen) atoms. The van der Waals surface area contributed by atoms with E-state index >= 15 is 0 Å². The maximum atomic E-state index is 4.94. The summed E-state index contributed by atoms with van der Waals surface area (Å²) in [5.41, 5.74) is 5.74. The molecule has 0 bridgehead atoms. The van der Waals surface area contributed by atoms with E-state index in [2.05, 4.69) is 110 Å². The maximum absolute atomic E-state index is 4.94. The second-order valence-electron chi connectivity index (χ2n) is 9.81. The normalized spacial score (nSPS) is 12.1. The fourth-order valence-corrected chi connectivity index (χ4v) is 6.76. The summed E-state index contributed by atoms with van der Waals surface area (Å²) in [5.74, 6) is 0. The van der Waals surface area contributed by atoms with Gasteiger partial charge in [0.2, 0.25) is 0 Å². The number of fused-ring (bicyclic) bond motifs is 4. The van der Waals surface area contributed by atoms with Crippen LogP contribution in [0.1, 0.15) is 18.1 Å². The zero-order valence-corrected chi connectivity index (χ0v) is 22.5. The van der Waals surface area contributed by atoms with Crippen LogP contribution in [0, 0.1) is 0 Å². The number of rotatable bonds is 5. The van der Waals surface area contributed by atoms with Crippen LogP contribution in [0.3, 0.4) is 0 Å². The third-order valence-electron chi connectivity index (χ3n) is 7.45. The van der Waals surface area contributed by atoms with Crippen LogP contribution in [0.2, 0.25) is 0 Å². The highest BCUT2D eigenvalue weighted by Crippen LogP contribution is 2.43. The van der Waals surface area contributed by atoms with E-state index in [4.69, 9.17) is 9.97 Å². The first-order chi connectivity index (χ1) is 19.3. The van der Waals surface area contributed by atoms with E-state index in [1.165, 1.54) is 37.6 Å². The topological polar surface area (TPSA) is 25.8 Å². The molecule has 186 valence electrons. The number of hydrogen-bond acceptors (Lipinski definition) is 3. The summed E-state index contributed by atoms with van der Waals surface area (Å²) >= 11 is 1.79. The third kappa shape index (κ3) is 4.25. The minimum Gasteiger partial charge on any atom is -0.256 e. The van der Waals surface area contributed by atoms with Crippen molar-refractivity contribution in [3.8, 4) is 0 Å². The molecule has 2 nitrogen and oxygen atoms in total. The maximum Gasteiger partial charge on any atom is 0.0855 e. The largest absolute Gasteiger partial charge is 0.256 e. The summed E-state index contributed by atoms with van der Waals surface area (Å²) in [5, 5.41) is 7.35. The first kappa shape index (κ1) is 23.6. The Hall–Kier alpha value is -4.47. The van der Waals surface area contributed by atoms with Crippen LogP contribution in [0.4, 0.5) is 0 Å². The van der Waals surface area contributed by atoms with Gasteiger partial charge in [-0.3, -0.25) is 9.97 Å². The quantitative estimate of drug-likeness (QED) is 0.212. The van der Waals surface area contributed by atoms with Crippen LogP contribution in [0.5, 0.6) is 0 Å². The van der Waals surface area contributed by atoms with Crippen LogP contribution in [0.15, 0.2) is 137 Å². The van der Waals surface area contributed by atoms with E-state index in [9.17, 15) is 0 Å². The van der Waals surface area contributed by atoms with Crippen molar-refractivity contribution in [2.75, 3.05) is 0 Å². The Morgan fingerprint density at radius 1 is 0.615 bits per heavy atom. The molecular formula is C36H26N2S. The van der Waals surface area contributed by atoms with Crippen molar-refractivity contribution in [1.29, 1.82) is 0 Å². The van der Waals surface area contributed by atoms with Gasteiger partial charge in [-0.1, -0.05) is 109 Å². The molecule has 5 aromatic carbocycles. The van der Waals surface area contributed by atoms with Gasteiger partial charge in [0.1, 0.15) is 0 Å². The lowest BCUT2D eigenvalue weighted by molar-refractivity contribution is 1.29. The van der Waals surface area contributed by atoms with Gasteiger partial charge in [-0.15, -0.1) is 0 Å². The summed E-state index contributed by atoms with van der Waals surface area (Å²) in [7, 11) is 0. The Kier molecular flexibility index (Phi) is 6.07. The van der Waals surface area contributed by atoms with E-state index in [1.807, 2.05) is 24.5 Å². The summed E-state index contributed by atoms with van der Waals surface area (Å²) in [6, 6.07) is 38.7. The minimum atomic E-state index is 0.857. The summed E-state index contributed by atoms with van der Waals surface area (Å²) < 4.78 is 0. The first-order valence-electron chi connectivity index (χ1n) is 13.2. The highest BCUT2D eigenvalue weighted by molar-refractivity contribution is 8.00. The Morgan fingerprint density at radius 2 is 1.23 bits per heavy atom. The van der Waals surface area contributed by atoms with Gasteiger partial charge in [0.25, 0.3) is 0 Å². The number of aromatic nitrogens is 2. The molecule has 0 amide bonds. The van der Waals surface area contributed by atoms with E-state index in [1.54, 1.807) is 11.8 Å². The van der Waals surface area contributed by atoms with Crippen LogP contribution in [-0.4, -0.2) is 9.97 Å². The third-order valence-corrected chi connectivity index (χ3v) is 8.64. The average Bonchev–Trinajstić information content (AvgIpc) is 3.00. The molecule has 0 saturated carbocycles. The predicted molar refractivity (Wildman–Crippen MR) is 166 cm³/mol. The Bertz CT molecular complexity index is 1970. The SMILES string of the molecule is C/C(=C\Cc1cccc2ccccc12)c1c2cccnc2c(Sc2cccc3ccccc23)c2cccnc12. The van der Waals surface area contributed by atoms with Gasteiger partial charge in [0.15, 0.2) is 0 Å². The molecule has 0 radical (unpaired) electrons. The molecule has 2 heterocycles. The van der Waals surface area contributed by atoms with E-state index in [0.29, 0.717) is 0 Å². The van der Waals surface area contributed by atoms with Crippen molar-refractivity contribution in [2.45, 2.75) is 23.1 Å². The zero-order chi connectivity index (χ0) is 26.2. The minimum absolute atomic E-state index is 0.857. The fourth-order valence-electron chi connectivity index (χ4n) is 5.56. The second-order valence-corrected chi connectivity index (χ2v) is 10.9. The van der Waals surface area contributed by atoms with Gasteiger partial charge in [0.05, 0.1) is 11.0 Å². The van der Waals surface area contributed by atoms with Crippen LogP contribution < -0.4 is 0 Å². The van der Waals surface area contributed by atoms with Gasteiger partial charge in [-0.05, 0) is 64.2 Å². The molecule has 0 saturated heterocycles. The first-order valence-corrected chi connectivity index (χ1v) is 14.0. The van der Waals surface area contributed by atoms with Crippen molar-refractivity contribution in [3.05, 3.63) is 139 Å². The predicted octanol–water partition coefficient (Wildman–Crippen LogP) is 9.89. The van der Waals surface area contributed by atoms with E-state index < -0.39 is 0 Å². The molecule has 0 aliphatic heterocycles. The molecule has 0 unspecified atom stereocenters. The van der Waals surface area contributed by atoms with Gasteiger partial charge in [0, 0.05) is 38.5 Å². The molecular weight excluding hydrogens is 492 g/mol. The van der Waals surface area contributed by atoms with Crippen molar-refractivity contribution >= 4 is 60.7 Å². The molecule has 7 rings (SSSR count). The molecule has 0 atom stereocenters. The summed E-state index contributed by atoms with van der Waals surface area (Å²) in [6.07, 6.45) is 7.00. The van der Waals surface area contributed by atoms with Gasteiger partial charge in [-0.2, -0.15) is 0 Å². The zero-order valence-electron chi connectivity index (χ0n) is 21.6. The summed E-state index contributed by atoms with van der Waals surface area (Å²) in [6.45, 7) is 2.21. The van der Waals surface area contributed by atoms with Crippen molar-refractivity contribution in [3.63, 3.8) is 0 Å². The van der Waals surface area contributed by atoms with Crippen LogP contribution in [-0.2, 0) is 6.42 Å². The van der Waals surface area contributed by atoms with Gasteiger partial charge >= 0.3 is 0 Å². The highest BCUT2D eigenvalue weighted by atomic mass is 32.2. The van der Waals surface area contributed by atoms with Crippen LogP contribution >= 0.6 is 11.8 Å². The number of hydrogen-bond donors (Lipinski definition) is 0. The highest BCUT2D eigenvalue weighted by Gasteiger charge is 2.18. The van der Waals surface area contributed by atoms with Gasteiger partial charge < -0.3 is 0 Å². The lowest BCUT2D eigenvalue weighted by Crippen LogP contribution is -1.95. The number of pyridine rings is 2. The molecule has 0 aliphatic rings. The van der Waals surface area contributed by atoms with Crippen molar-refractivity contribution in [1.82, 2.24) is 9.97 Å². The monoisotopic (exact) mass is 518 g/mol. The van der Waals surface area contributed by atoms with Gasteiger partial charge in [-0.25, -0.2) is 0 Å². The Balaban J connectivity index is 1.40. The van der Waals surface area contributed by atoms with Crippen molar-refractivity contribution < 1.29 is 0 Å². The van der Waals surface area contributed by atoms with E-state index in [0.717, 1.165) is 38.7 Å². The standard InChI is InChI=1S/C36H26N2S/c1-24(20-21-27-13-6-12-25-10-2-4-15-28(25)27)33-30-17-8-23-38-35(30)36(31-18-9-22-37-34(31)33)39-32-19-7-14-26-11-3-5-16-29(26)32/h2-20,22-23H,21H2,1H3/b24-20+. The van der Waals surface area contributed by atoms with Crippen molar-refractivity contribution in [2.24, 2.45) is 0 Å². The number of benzene rings is 5. The fraction of sp³-hybridized carbons (Fsp3) is 0.0556. The molecule has 0 fully saturated rings. The lowest BCUT2D eigenvalue weighted by atomic mass is 9.95. The second kappa shape index (κ2) is 10.0. The Labute approximate surface area is 232 Å². The molecule has 3 heteroatoms. The Morgan fingerprint density at radius 3 is 2.05 bits per heavy atom. The molecule has 0 spiro atoms. The molecule has 0 N–H and O–H groups in total. The number of allylic oxidation sites excluding steroid dienone is 2. The lowest BCUT2D eigenvalue weighted by Gasteiger charge is -2.16. The molecule has 0 aliphatic carbocycles.